The molecule has 0 aliphatic heterocycles. The van der Waals surface area contributed by atoms with Crippen LogP contribution in [0.2, 0.25) is 0 Å². The first-order chi connectivity index (χ1) is 4.22. The third-order valence-corrected chi connectivity index (χ3v) is 1.12. The van der Waals surface area contributed by atoms with Crippen molar-refractivity contribution in [1.29, 1.82) is 0 Å². The molecule has 1 aromatic rings. The van der Waals surface area contributed by atoms with E-state index >= 15 is 0 Å². The second-order valence-electron chi connectivity index (χ2n) is 1.82. The minimum absolute atomic E-state index is 0. The van der Waals surface area contributed by atoms with Crippen molar-refractivity contribution in [3.63, 3.8) is 0 Å². The van der Waals surface area contributed by atoms with Crippen LogP contribution >= 0.6 is 12.4 Å². The van der Waals surface area contributed by atoms with Crippen LogP contribution in [0.5, 0.6) is 0 Å². The minimum atomic E-state index is -0.394. The maximum absolute atomic E-state index is 10.6. The summed E-state index contributed by atoms with van der Waals surface area (Å²) in [5.41, 5.74) is 0.150. The number of hydrogen-bond acceptors (Lipinski definition) is 2. The molecule has 56 valence electrons. The lowest BCUT2D eigenvalue weighted by atomic mass is 10.4. The molecule has 0 aromatic carbocycles. The number of pyridine rings is 1. The summed E-state index contributed by atoms with van der Waals surface area (Å²) in [7, 11) is 0. The third-order valence-electron chi connectivity index (χ3n) is 1.12. The van der Waals surface area contributed by atoms with E-state index in [-0.39, 0.29) is 12.4 Å². The molecular formula is C6H8ClNO2. The fraction of sp³-hybridized carbons (Fsp3) is 0.167. The van der Waals surface area contributed by atoms with Gasteiger partial charge in [0.15, 0.2) is 0 Å². The summed E-state index contributed by atoms with van der Waals surface area (Å²) < 4.78 is 0.611. The van der Waals surface area contributed by atoms with Crippen LogP contribution in [0.15, 0.2) is 23.0 Å². The van der Waals surface area contributed by atoms with Gasteiger partial charge in [0.1, 0.15) is 0 Å². The van der Waals surface area contributed by atoms with Gasteiger partial charge in [-0.15, -0.1) is 12.4 Å². The van der Waals surface area contributed by atoms with Gasteiger partial charge in [-0.1, -0.05) is 6.07 Å². The molecule has 4 heteroatoms. The van der Waals surface area contributed by atoms with Crippen molar-refractivity contribution in [3.8, 4) is 0 Å². The van der Waals surface area contributed by atoms with Gasteiger partial charge in [0.05, 0.1) is 5.69 Å². The largest absolute Gasteiger partial charge is 0.425 e. The number of halogens is 1. The van der Waals surface area contributed by atoms with Crippen LogP contribution in [-0.2, 0) is 0 Å². The lowest BCUT2D eigenvalue weighted by Crippen LogP contribution is -2.17. The fourth-order valence-corrected chi connectivity index (χ4v) is 0.585. The van der Waals surface area contributed by atoms with E-state index < -0.39 is 5.56 Å². The summed E-state index contributed by atoms with van der Waals surface area (Å²) in [6, 6.07) is 4.55. The van der Waals surface area contributed by atoms with Crippen LogP contribution < -0.4 is 5.56 Å². The van der Waals surface area contributed by atoms with E-state index in [2.05, 4.69) is 0 Å². The molecule has 0 amide bonds. The van der Waals surface area contributed by atoms with Crippen molar-refractivity contribution < 1.29 is 5.21 Å². The highest BCUT2D eigenvalue weighted by Gasteiger charge is 1.91. The van der Waals surface area contributed by atoms with E-state index in [1.165, 1.54) is 6.07 Å². The molecule has 0 aliphatic carbocycles. The molecule has 0 unspecified atom stereocenters. The number of nitrogens with zero attached hydrogens (tertiary/aromatic N) is 1. The summed E-state index contributed by atoms with van der Waals surface area (Å²) in [6.07, 6.45) is 0. The Labute approximate surface area is 64.3 Å². The summed E-state index contributed by atoms with van der Waals surface area (Å²) >= 11 is 0. The molecule has 0 atom stereocenters. The van der Waals surface area contributed by atoms with Crippen molar-refractivity contribution >= 4 is 12.4 Å². The molecule has 3 nitrogen and oxygen atoms in total. The fourth-order valence-electron chi connectivity index (χ4n) is 0.585. The van der Waals surface area contributed by atoms with E-state index in [0.717, 1.165) is 0 Å². The van der Waals surface area contributed by atoms with E-state index in [0.29, 0.717) is 10.4 Å². The van der Waals surface area contributed by atoms with Crippen molar-refractivity contribution in [2.24, 2.45) is 0 Å². The highest BCUT2D eigenvalue weighted by Crippen LogP contribution is 1.86. The lowest BCUT2D eigenvalue weighted by Gasteiger charge is -1.96. The maximum atomic E-state index is 10.6. The van der Waals surface area contributed by atoms with Crippen LogP contribution in [0, 0.1) is 6.92 Å². The Hall–Kier alpha value is -0.960. The van der Waals surface area contributed by atoms with Gasteiger partial charge in [-0.05, 0) is 13.0 Å². The number of rotatable bonds is 0. The first kappa shape index (κ1) is 9.04. The normalized spacial score (nSPS) is 8.50. The Morgan fingerprint density at radius 1 is 1.50 bits per heavy atom. The van der Waals surface area contributed by atoms with Gasteiger partial charge in [-0.3, -0.25) is 4.79 Å². The highest BCUT2D eigenvalue weighted by molar-refractivity contribution is 5.85. The second-order valence-corrected chi connectivity index (χ2v) is 1.82. The molecule has 0 saturated carbocycles. The summed E-state index contributed by atoms with van der Waals surface area (Å²) in [6.45, 7) is 1.65. The van der Waals surface area contributed by atoms with Crippen molar-refractivity contribution in [2.45, 2.75) is 6.92 Å². The number of hydrogen-bond donors (Lipinski definition) is 1. The van der Waals surface area contributed by atoms with Crippen LogP contribution in [-0.4, -0.2) is 9.94 Å². The summed E-state index contributed by atoms with van der Waals surface area (Å²) in [5.74, 6) is 0. The quantitative estimate of drug-likeness (QED) is 0.573. The van der Waals surface area contributed by atoms with Gasteiger partial charge in [0.25, 0.3) is 5.56 Å². The number of aryl methyl sites for hydroxylation is 1. The smallest absolute Gasteiger partial charge is 0.283 e. The Morgan fingerprint density at radius 3 is 2.50 bits per heavy atom. The molecule has 1 aromatic heterocycles. The van der Waals surface area contributed by atoms with Gasteiger partial charge >= 0.3 is 0 Å². The third kappa shape index (κ3) is 1.51. The van der Waals surface area contributed by atoms with Crippen LogP contribution in [0.1, 0.15) is 5.69 Å². The summed E-state index contributed by atoms with van der Waals surface area (Å²) in [4.78, 5) is 10.6. The first-order valence-corrected chi connectivity index (χ1v) is 2.60. The number of aromatic nitrogens is 1. The van der Waals surface area contributed by atoms with Crippen molar-refractivity contribution in [1.82, 2.24) is 4.73 Å². The molecule has 0 saturated heterocycles. The molecule has 10 heavy (non-hydrogen) atoms. The predicted octanol–water partition coefficient (Wildman–Crippen LogP) is 0.816. The molecule has 0 bridgehead atoms. The molecule has 1 rings (SSSR count). The lowest BCUT2D eigenvalue weighted by molar-refractivity contribution is 0.168. The molecule has 0 aliphatic rings. The van der Waals surface area contributed by atoms with Crippen molar-refractivity contribution in [3.05, 3.63) is 34.2 Å². The monoisotopic (exact) mass is 161 g/mol. The van der Waals surface area contributed by atoms with Crippen molar-refractivity contribution in [2.75, 3.05) is 0 Å². The van der Waals surface area contributed by atoms with E-state index in [4.69, 9.17) is 5.21 Å². The van der Waals surface area contributed by atoms with Gasteiger partial charge in [0, 0.05) is 6.07 Å². The van der Waals surface area contributed by atoms with Gasteiger partial charge in [0.2, 0.25) is 0 Å². The zero-order chi connectivity index (χ0) is 6.85. The van der Waals surface area contributed by atoms with Gasteiger partial charge in [-0.25, -0.2) is 0 Å². The van der Waals surface area contributed by atoms with Crippen LogP contribution in [0.3, 0.4) is 0 Å². The van der Waals surface area contributed by atoms with E-state index in [9.17, 15) is 4.79 Å². The Kier molecular flexibility index (Phi) is 2.96. The Morgan fingerprint density at radius 2 is 2.10 bits per heavy atom. The van der Waals surface area contributed by atoms with Crippen LogP contribution in [0.4, 0.5) is 0 Å². The predicted molar refractivity (Wildman–Crippen MR) is 39.9 cm³/mol. The molecule has 0 fully saturated rings. The Balaban J connectivity index is 0.000000810. The maximum Gasteiger partial charge on any atom is 0.283 e. The second kappa shape index (κ2) is 3.27. The average Bonchev–Trinajstić information content (AvgIpc) is 1.83. The van der Waals surface area contributed by atoms with Gasteiger partial charge in [-0.2, -0.15) is 4.73 Å². The first-order valence-electron chi connectivity index (χ1n) is 2.60. The molecule has 0 spiro atoms. The SMILES string of the molecule is Cc1cccc(=O)n1O.Cl. The zero-order valence-corrected chi connectivity index (χ0v) is 6.26. The highest BCUT2D eigenvalue weighted by atomic mass is 35.5. The minimum Gasteiger partial charge on any atom is -0.425 e. The van der Waals surface area contributed by atoms with E-state index in [1.807, 2.05) is 0 Å². The van der Waals surface area contributed by atoms with Gasteiger partial charge < -0.3 is 5.21 Å². The molecule has 1 N–H and O–H groups in total. The zero-order valence-electron chi connectivity index (χ0n) is 5.44. The Bertz CT molecular complexity index is 269. The molecule has 1 heterocycles. The summed E-state index contributed by atoms with van der Waals surface area (Å²) in [5, 5.41) is 8.81. The standard InChI is InChI=1S/C6H7NO2.ClH/c1-5-3-2-4-6(8)7(5)9;/h2-4,9H,1H3;1H. The average molecular weight is 162 g/mol. The topological polar surface area (TPSA) is 42.2 Å². The molecule has 0 radical (unpaired) electrons. The molecular weight excluding hydrogens is 154 g/mol. The van der Waals surface area contributed by atoms with Crippen LogP contribution in [0.25, 0.3) is 0 Å². The van der Waals surface area contributed by atoms with E-state index in [1.54, 1.807) is 19.1 Å².